The number of hydrogen-bond acceptors (Lipinski definition) is 2. The van der Waals surface area contributed by atoms with Crippen LogP contribution in [0.15, 0.2) is 28.7 Å². The van der Waals surface area contributed by atoms with Gasteiger partial charge in [-0.2, -0.15) is 0 Å². The van der Waals surface area contributed by atoms with Crippen LogP contribution in [-0.2, 0) is 0 Å². The molecule has 3 N–H and O–H groups in total. The van der Waals surface area contributed by atoms with Gasteiger partial charge in [-0.05, 0) is 24.1 Å². The molecule has 1 saturated carbocycles. The lowest BCUT2D eigenvalue weighted by atomic mass is 10.1. The minimum Gasteiger partial charge on any atom is -0.394 e. The molecular weight excluding hydrogens is 230 g/mol. The summed E-state index contributed by atoms with van der Waals surface area (Å²) in [5.41, 5.74) is 6.76. The van der Waals surface area contributed by atoms with Crippen LogP contribution >= 0.6 is 15.9 Å². The van der Waals surface area contributed by atoms with Crippen molar-refractivity contribution in [1.29, 1.82) is 0 Å². The number of aliphatic hydroxyl groups is 1. The molecule has 0 radical (unpaired) electrons. The maximum atomic E-state index is 9.03. The average Bonchev–Trinajstić information content (AvgIpc) is 2.79. The van der Waals surface area contributed by atoms with Crippen LogP contribution in [0.2, 0.25) is 0 Å². The number of hydrogen-bond donors (Lipinski definition) is 2. The van der Waals surface area contributed by atoms with Crippen molar-refractivity contribution in [2.45, 2.75) is 17.9 Å². The smallest absolute Gasteiger partial charge is 0.0617 e. The van der Waals surface area contributed by atoms with E-state index in [1.165, 1.54) is 5.56 Å². The molecule has 0 saturated heterocycles. The summed E-state index contributed by atoms with van der Waals surface area (Å²) < 4.78 is 1.07. The van der Waals surface area contributed by atoms with Crippen LogP contribution in [0.4, 0.5) is 0 Å². The zero-order valence-corrected chi connectivity index (χ0v) is 8.79. The quantitative estimate of drug-likeness (QED) is 0.827. The lowest BCUT2D eigenvalue weighted by Gasteiger charge is -2.07. The molecule has 0 spiro atoms. The summed E-state index contributed by atoms with van der Waals surface area (Å²) in [4.78, 5) is 0. The van der Waals surface area contributed by atoms with E-state index < -0.39 is 0 Å². The van der Waals surface area contributed by atoms with E-state index in [1.54, 1.807) is 0 Å². The Balaban J connectivity index is 2.20. The van der Waals surface area contributed by atoms with E-state index in [0.29, 0.717) is 5.92 Å². The summed E-state index contributed by atoms with van der Waals surface area (Å²) in [6, 6.07) is 8.10. The van der Waals surface area contributed by atoms with Gasteiger partial charge < -0.3 is 10.8 Å². The average molecular weight is 242 g/mol. The van der Waals surface area contributed by atoms with Crippen molar-refractivity contribution in [3.8, 4) is 0 Å². The predicted octanol–water partition coefficient (Wildman–Crippen LogP) is 1.63. The van der Waals surface area contributed by atoms with E-state index in [1.807, 2.05) is 12.1 Å². The molecular formula is C10H12BrNO. The molecule has 13 heavy (non-hydrogen) atoms. The SMILES string of the molecule is NC1(CO)CC1c1cccc(Br)c1. The predicted molar refractivity (Wildman–Crippen MR) is 55.5 cm³/mol. The Hall–Kier alpha value is -0.380. The first-order chi connectivity index (χ1) is 6.15. The van der Waals surface area contributed by atoms with Crippen molar-refractivity contribution in [2.24, 2.45) is 5.73 Å². The van der Waals surface area contributed by atoms with Crippen LogP contribution in [0.5, 0.6) is 0 Å². The zero-order valence-electron chi connectivity index (χ0n) is 7.20. The molecule has 0 heterocycles. The largest absolute Gasteiger partial charge is 0.394 e. The van der Waals surface area contributed by atoms with Gasteiger partial charge in [-0.3, -0.25) is 0 Å². The van der Waals surface area contributed by atoms with Crippen molar-refractivity contribution in [2.75, 3.05) is 6.61 Å². The number of benzene rings is 1. The summed E-state index contributed by atoms with van der Waals surface area (Å²) in [7, 11) is 0. The zero-order chi connectivity index (χ0) is 9.47. The highest BCUT2D eigenvalue weighted by Gasteiger charge is 2.51. The maximum Gasteiger partial charge on any atom is 0.0617 e. The van der Waals surface area contributed by atoms with Crippen molar-refractivity contribution < 1.29 is 5.11 Å². The van der Waals surface area contributed by atoms with E-state index in [0.717, 1.165) is 10.9 Å². The van der Waals surface area contributed by atoms with Crippen molar-refractivity contribution in [1.82, 2.24) is 0 Å². The molecule has 1 fully saturated rings. The molecule has 1 aromatic carbocycles. The highest BCUT2D eigenvalue weighted by atomic mass is 79.9. The lowest BCUT2D eigenvalue weighted by molar-refractivity contribution is 0.253. The molecule has 3 heteroatoms. The lowest BCUT2D eigenvalue weighted by Crippen LogP contribution is -2.28. The van der Waals surface area contributed by atoms with Gasteiger partial charge in [-0.25, -0.2) is 0 Å². The molecule has 2 nitrogen and oxygen atoms in total. The Kier molecular flexibility index (Phi) is 2.18. The standard InChI is InChI=1S/C10H12BrNO/c11-8-3-1-2-7(4-8)9-5-10(9,12)6-13/h1-4,9,13H,5-6,12H2. The van der Waals surface area contributed by atoms with Gasteiger partial charge in [0.2, 0.25) is 0 Å². The highest BCUT2D eigenvalue weighted by molar-refractivity contribution is 9.10. The summed E-state index contributed by atoms with van der Waals surface area (Å²) in [5, 5.41) is 9.03. The van der Waals surface area contributed by atoms with Gasteiger partial charge in [-0.15, -0.1) is 0 Å². The Morgan fingerprint density at radius 2 is 2.38 bits per heavy atom. The van der Waals surface area contributed by atoms with Gasteiger partial charge in [-0.1, -0.05) is 28.1 Å². The molecule has 0 aliphatic heterocycles. The first kappa shape index (κ1) is 9.19. The van der Waals surface area contributed by atoms with Crippen LogP contribution in [-0.4, -0.2) is 17.3 Å². The van der Waals surface area contributed by atoms with Gasteiger partial charge in [0, 0.05) is 15.9 Å². The topological polar surface area (TPSA) is 46.2 Å². The number of rotatable bonds is 2. The second kappa shape index (κ2) is 3.08. The molecule has 2 unspecified atom stereocenters. The van der Waals surface area contributed by atoms with E-state index in [9.17, 15) is 0 Å². The van der Waals surface area contributed by atoms with Gasteiger partial charge in [0.25, 0.3) is 0 Å². The molecule has 1 aromatic rings. The summed E-state index contributed by atoms with van der Waals surface area (Å²) in [6.45, 7) is 0.0736. The third kappa shape index (κ3) is 1.64. The highest BCUT2D eigenvalue weighted by Crippen LogP contribution is 2.49. The van der Waals surface area contributed by atoms with E-state index >= 15 is 0 Å². The molecule has 2 rings (SSSR count). The number of nitrogens with two attached hydrogens (primary N) is 1. The van der Waals surface area contributed by atoms with Gasteiger partial charge in [0.1, 0.15) is 0 Å². The minimum atomic E-state index is -0.360. The van der Waals surface area contributed by atoms with Crippen LogP contribution in [0, 0.1) is 0 Å². The third-order valence-corrected chi connectivity index (χ3v) is 3.16. The molecule has 1 aliphatic rings. The molecule has 0 bridgehead atoms. The normalized spacial score (nSPS) is 31.8. The van der Waals surface area contributed by atoms with Gasteiger partial charge in [0.15, 0.2) is 0 Å². The molecule has 1 aliphatic carbocycles. The van der Waals surface area contributed by atoms with Crippen LogP contribution in [0.1, 0.15) is 17.9 Å². The third-order valence-electron chi connectivity index (χ3n) is 2.66. The van der Waals surface area contributed by atoms with Crippen LogP contribution in [0.25, 0.3) is 0 Å². The molecule has 2 atom stereocenters. The van der Waals surface area contributed by atoms with Crippen LogP contribution in [0.3, 0.4) is 0 Å². The second-order valence-corrected chi connectivity index (χ2v) is 4.62. The Bertz CT molecular complexity index is 328. The first-order valence-corrected chi connectivity index (χ1v) is 5.10. The van der Waals surface area contributed by atoms with Gasteiger partial charge >= 0.3 is 0 Å². The van der Waals surface area contributed by atoms with Crippen molar-refractivity contribution in [3.63, 3.8) is 0 Å². The van der Waals surface area contributed by atoms with E-state index in [2.05, 4.69) is 28.1 Å². The fraction of sp³-hybridized carbons (Fsp3) is 0.400. The number of aliphatic hydroxyl groups excluding tert-OH is 1. The molecule has 70 valence electrons. The van der Waals surface area contributed by atoms with E-state index in [4.69, 9.17) is 10.8 Å². The number of halogens is 1. The Morgan fingerprint density at radius 3 is 2.92 bits per heavy atom. The summed E-state index contributed by atoms with van der Waals surface area (Å²) >= 11 is 3.41. The van der Waals surface area contributed by atoms with Crippen molar-refractivity contribution in [3.05, 3.63) is 34.3 Å². The Morgan fingerprint density at radius 1 is 1.62 bits per heavy atom. The summed E-state index contributed by atoms with van der Waals surface area (Å²) in [5.74, 6) is 0.329. The fourth-order valence-electron chi connectivity index (χ4n) is 1.67. The maximum absolute atomic E-state index is 9.03. The van der Waals surface area contributed by atoms with Crippen LogP contribution < -0.4 is 5.73 Å². The monoisotopic (exact) mass is 241 g/mol. The molecule has 0 aromatic heterocycles. The van der Waals surface area contributed by atoms with Gasteiger partial charge in [0.05, 0.1) is 6.61 Å². The Labute approximate surface area is 85.9 Å². The van der Waals surface area contributed by atoms with Crippen molar-refractivity contribution >= 4 is 15.9 Å². The fourth-order valence-corrected chi connectivity index (χ4v) is 2.09. The molecule has 0 amide bonds. The first-order valence-electron chi connectivity index (χ1n) is 4.31. The minimum absolute atomic E-state index is 0.0736. The van der Waals surface area contributed by atoms with E-state index in [-0.39, 0.29) is 12.1 Å². The summed E-state index contributed by atoms with van der Waals surface area (Å²) in [6.07, 6.45) is 0.889. The second-order valence-electron chi connectivity index (χ2n) is 3.70.